The van der Waals surface area contributed by atoms with Crippen LogP contribution in [0.1, 0.15) is 23.5 Å². The average Bonchev–Trinajstić information content (AvgIpc) is 2.90. The van der Waals surface area contributed by atoms with Crippen LogP contribution < -0.4 is 10.6 Å². The second kappa shape index (κ2) is 7.26. The maximum absolute atomic E-state index is 11.9. The minimum Gasteiger partial charge on any atom is -0.453 e. The van der Waals surface area contributed by atoms with Crippen LogP contribution in [0.15, 0.2) is 5.38 Å². The Morgan fingerprint density at radius 1 is 1.57 bits per heavy atom. The summed E-state index contributed by atoms with van der Waals surface area (Å²) in [6, 6.07) is -0.285. The number of carbonyl (C=O) groups excluding carboxylic acids is 2. The van der Waals surface area contributed by atoms with Crippen molar-refractivity contribution in [1.82, 2.24) is 20.5 Å². The summed E-state index contributed by atoms with van der Waals surface area (Å²) in [5.41, 5.74) is 0.854. The number of nitrogens with zero attached hydrogens (tertiary/aromatic N) is 2. The summed E-state index contributed by atoms with van der Waals surface area (Å²) < 4.78 is 4.70. The number of ether oxygens (including phenoxy) is 1. The molecule has 1 aromatic heterocycles. The summed E-state index contributed by atoms with van der Waals surface area (Å²) in [6.45, 7) is 3.49. The molecular formula is C13H20N4O3S. The molecule has 1 aromatic rings. The van der Waals surface area contributed by atoms with Crippen LogP contribution in [0.2, 0.25) is 0 Å². The predicted molar refractivity (Wildman–Crippen MR) is 79.2 cm³/mol. The van der Waals surface area contributed by atoms with Crippen molar-refractivity contribution in [2.75, 3.05) is 20.2 Å². The Balaban J connectivity index is 1.75. The number of hydrogen-bond donors (Lipinski definition) is 2. The Hall–Kier alpha value is -1.83. The standard InChI is InChI=1S/C13H20N4O3S/c1-9-15-11(8-21-9)6-14-12(18)16-10-4-3-5-17(7-10)13(19)20-2/h8,10H,3-7H2,1-2H3,(H2,14,16,18)/t10-/m0/s1. The van der Waals surface area contributed by atoms with Crippen LogP contribution in [0.3, 0.4) is 0 Å². The van der Waals surface area contributed by atoms with Crippen molar-refractivity contribution in [2.24, 2.45) is 0 Å². The molecule has 1 fully saturated rings. The van der Waals surface area contributed by atoms with Crippen molar-refractivity contribution in [3.05, 3.63) is 16.1 Å². The number of thiazole rings is 1. The monoisotopic (exact) mass is 312 g/mol. The van der Waals surface area contributed by atoms with Crippen LogP contribution in [0.5, 0.6) is 0 Å². The molecule has 116 valence electrons. The van der Waals surface area contributed by atoms with E-state index >= 15 is 0 Å². The van der Waals surface area contributed by atoms with Gasteiger partial charge in [0.05, 0.1) is 24.4 Å². The molecule has 0 saturated carbocycles. The SMILES string of the molecule is COC(=O)N1CCC[C@H](NC(=O)NCc2csc(C)n2)C1. The maximum Gasteiger partial charge on any atom is 0.409 e. The minimum atomic E-state index is -0.347. The van der Waals surface area contributed by atoms with Crippen molar-refractivity contribution in [2.45, 2.75) is 32.4 Å². The van der Waals surface area contributed by atoms with Gasteiger partial charge in [-0.25, -0.2) is 14.6 Å². The van der Waals surface area contributed by atoms with E-state index in [-0.39, 0.29) is 18.2 Å². The van der Waals surface area contributed by atoms with Gasteiger partial charge in [-0.2, -0.15) is 0 Å². The van der Waals surface area contributed by atoms with E-state index in [1.807, 2.05) is 12.3 Å². The van der Waals surface area contributed by atoms with E-state index in [9.17, 15) is 9.59 Å². The predicted octanol–water partition coefficient (Wildman–Crippen LogP) is 1.48. The van der Waals surface area contributed by atoms with E-state index in [1.54, 1.807) is 16.2 Å². The molecule has 0 bridgehead atoms. The highest BCUT2D eigenvalue weighted by Gasteiger charge is 2.25. The van der Waals surface area contributed by atoms with Gasteiger partial charge in [-0.1, -0.05) is 0 Å². The van der Waals surface area contributed by atoms with Crippen LogP contribution in [-0.4, -0.2) is 48.2 Å². The largest absolute Gasteiger partial charge is 0.453 e. The number of urea groups is 1. The Morgan fingerprint density at radius 2 is 2.38 bits per heavy atom. The molecule has 8 heteroatoms. The Morgan fingerprint density at radius 3 is 3.05 bits per heavy atom. The summed E-state index contributed by atoms with van der Waals surface area (Å²) >= 11 is 1.56. The molecule has 2 rings (SSSR count). The fourth-order valence-electron chi connectivity index (χ4n) is 2.29. The summed E-state index contributed by atoms with van der Waals surface area (Å²) in [5.74, 6) is 0. The normalized spacial score (nSPS) is 18.2. The fourth-order valence-corrected chi connectivity index (χ4v) is 2.90. The van der Waals surface area contributed by atoms with Crippen molar-refractivity contribution >= 4 is 23.5 Å². The van der Waals surface area contributed by atoms with Crippen molar-refractivity contribution < 1.29 is 14.3 Å². The molecular weight excluding hydrogens is 292 g/mol. The van der Waals surface area contributed by atoms with Gasteiger partial charge >= 0.3 is 12.1 Å². The van der Waals surface area contributed by atoms with E-state index in [4.69, 9.17) is 4.74 Å². The van der Waals surface area contributed by atoms with Gasteiger partial charge in [-0.05, 0) is 19.8 Å². The molecule has 2 heterocycles. The topological polar surface area (TPSA) is 83.6 Å². The maximum atomic E-state index is 11.9. The van der Waals surface area contributed by atoms with E-state index in [0.717, 1.165) is 23.5 Å². The number of amides is 3. The lowest BCUT2D eigenvalue weighted by Gasteiger charge is -2.32. The number of piperidine rings is 1. The number of aryl methyl sites for hydroxylation is 1. The lowest BCUT2D eigenvalue weighted by molar-refractivity contribution is 0.108. The number of aromatic nitrogens is 1. The lowest BCUT2D eigenvalue weighted by atomic mass is 10.1. The third kappa shape index (κ3) is 4.59. The molecule has 0 aromatic carbocycles. The number of likely N-dealkylation sites (tertiary alicyclic amines) is 1. The van der Waals surface area contributed by atoms with Gasteiger partial charge in [0.25, 0.3) is 0 Å². The number of methoxy groups -OCH3 is 1. The highest BCUT2D eigenvalue weighted by Crippen LogP contribution is 2.11. The molecule has 0 unspecified atom stereocenters. The summed E-state index contributed by atoms with van der Waals surface area (Å²) in [5, 5.41) is 8.56. The van der Waals surface area contributed by atoms with E-state index in [1.165, 1.54) is 7.11 Å². The highest BCUT2D eigenvalue weighted by atomic mass is 32.1. The average molecular weight is 312 g/mol. The molecule has 0 aliphatic carbocycles. The van der Waals surface area contributed by atoms with Crippen LogP contribution >= 0.6 is 11.3 Å². The molecule has 2 N–H and O–H groups in total. The molecule has 1 atom stereocenters. The van der Waals surface area contributed by atoms with Crippen LogP contribution in [-0.2, 0) is 11.3 Å². The number of rotatable bonds is 3. The first-order valence-electron chi connectivity index (χ1n) is 6.86. The molecule has 0 radical (unpaired) electrons. The van der Waals surface area contributed by atoms with E-state index in [0.29, 0.717) is 19.6 Å². The first kappa shape index (κ1) is 15.6. The van der Waals surface area contributed by atoms with Crippen molar-refractivity contribution in [3.63, 3.8) is 0 Å². The third-order valence-electron chi connectivity index (χ3n) is 3.29. The van der Waals surface area contributed by atoms with Gasteiger partial charge in [-0.3, -0.25) is 0 Å². The second-order valence-corrected chi connectivity index (χ2v) is 6.00. The quantitative estimate of drug-likeness (QED) is 0.885. The molecule has 1 aliphatic rings. The minimum absolute atomic E-state index is 0.0463. The molecule has 1 saturated heterocycles. The highest BCUT2D eigenvalue weighted by molar-refractivity contribution is 7.09. The lowest BCUT2D eigenvalue weighted by Crippen LogP contribution is -2.51. The van der Waals surface area contributed by atoms with Gasteiger partial charge in [-0.15, -0.1) is 11.3 Å². The van der Waals surface area contributed by atoms with Gasteiger partial charge in [0, 0.05) is 24.5 Å². The molecule has 7 nitrogen and oxygen atoms in total. The van der Waals surface area contributed by atoms with Crippen LogP contribution in [0, 0.1) is 6.92 Å². The summed E-state index contributed by atoms with van der Waals surface area (Å²) in [4.78, 5) is 29.2. The molecule has 3 amide bonds. The smallest absolute Gasteiger partial charge is 0.409 e. The summed E-state index contributed by atoms with van der Waals surface area (Å²) in [7, 11) is 1.36. The first-order chi connectivity index (χ1) is 10.1. The van der Waals surface area contributed by atoms with Gasteiger partial charge < -0.3 is 20.3 Å². The van der Waals surface area contributed by atoms with E-state index < -0.39 is 0 Å². The van der Waals surface area contributed by atoms with Crippen LogP contribution in [0.25, 0.3) is 0 Å². The summed E-state index contributed by atoms with van der Waals surface area (Å²) in [6.07, 6.45) is 1.36. The Kier molecular flexibility index (Phi) is 5.38. The molecule has 21 heavy (non-hydrogen) atoms. The first-order valence-corrected chi connectivity index (χ1v) is 7.74. The zero-order chi connectivity index (χ0) is 15.2. The second-order valence-electron chi connectivity index (χ2n) is 4.94. The Labute approximate surface area is 127 Å². The van der Waals surface area contributed by atoms with Crippen molar-refractivity contribution in [3.8, 4) is 0 Å². The molecule has 1 aliphatic heterocycles. The van der Waals surface area contributed by atoms with Gasteiger partial charge in [0.1, 0.15) is 0 Å². The molecule has 0 spiro atoms. The third-order valence-corrected chi connectivity index (χ3v) is 4.11. The zero-order valence-corrected chi connectivity index (χ0v) is 13.0. The zero-order valence-electron chi connectivity index (χ0n) is 12.2. The van der Waals surface area contributed by atoms with Crippen molar-refractivity contribution in [1.29, 1.82) is 0 Å². The van der Waals surface area contributed by atoms with Gasteiger partial charge in [0.15, 0.2) is 0 Å². The number of carbonyl (C=O) groups is 2. The Bertz CT molecular complexity index is 505. The van der Waals surface area contributed by atoms with Crippen LogP contribution in [0.4, 0.5) is 9.59 Å². The number of hydrogen-bond acceptors (Lipinski definition) is 5. The van der Waals surface area contributed by atoms with Gasteiger partial charge in [0.2, 0.25) is 0 Å². The van der Waals surface area contributed by atoms with E-state index in [2.05, 4.69) is 15.6 Å². The fraction of sp³-hybridized carbons (Fsp3) is 0.615. The number of nitrogens with one attached hydrogen (secondary N) is 2.